The third kappa shape index (κ3) is 3.62. The van der Waals surface area contributed by atoms with Gasteiger partial charge in [-0.3, -0.25) is 4.79 Å². The van der Waals surface area contributed by atoms with Crippen molar-refractivity contribution in [3.8, 4) is 11.1 Å². The van der Waals surface area contributed by atoms with Gasteiger partial charge in [-0.15, -0.1) is 0 Å². The maximum Gasteiger partial charge on any atom is 0.254 e. The molecule has 0 unspecified atom stereocenters. The second-order valence-corrected chi connectivity index (χ2v) is 6.64. The van der Waals surface area contributed by atoms with Gasteiger partial charge in [0.2, 0.25) is 0 Å². The van der Waals surface area contributed by atoms with Crippen molar-refractivity contribution in [2.24, 2.45) is 0 Å². The highest BCUT2D eigenvalue weighted by Crippen LogP contribution is 2.27. The van der Waals surface area contributed by atoms with Gasteiger partial charge in [-0.2, -0.15) is 5.10 Å². The van der Waals surface area contributed by atoms with Gasteiger partial charge in [0.15, 0.2) is 5.65 Å². The molecule has 0 aliphatic heterocycles. The molecule has 5 heteroatoms. The Bertz CT molecular complexity index is 899. The van der Waals surface area contributed by atoms with Crippen molar-refractivity contribution >= 4 is 11.6 Å². The highest BCUT2D eigenvalue weighted by Gasteiger charge is 2.18. The van der Waals surface area contributed by atoms with Crippen LogP contribution >= 0.6 is 0 Å². The number of aryl methyl sites for hydroxylation is 2. The molecule has 2 aromatic heterocycles. The minimum atomic E-state index is -0.0807. The molecular weight excluding hydrogens is 324 g/mol. The minimum absolute atomic E-state index is 0.0807. The van der Waals surface area contributed by atoms with Crippen molar-refractivity contribution in [2.75, 3.05) is 6.54 Å². The molecule has 1 aromatic carbocycles. The lowest BCUT2D eigenvalue weighted by Gasteiger charge is -2.09. The molecule has 5 nitrogen and oxygen atoms in total. The molecule has 136 valence electrons. The zero-order valence-corrected chi connectivity index (χ0v) is 15.7. The molecule has 0 spiro atoms. The molecule has 1 N–H and O–H groups in total. The topological polar surface area (TPSA) is 59.3 Å². The van der Waals surface area contributed by atoms with Crippen LogP contribution in [-0.4, -0.2) is 27.0 Å². The number of amides is 1. The van der Waals surface area contributed by atoms with Crippen LogP contribution in [0.4, 0.5) is 0 Å². The fraction of sp³-hybridized carbons (Fsp3) is 0.381. The normalized spacial score (nSPS) is 11.0. The Morgan fingerprint density at radius 1 is 1.12 bits per heavy atom. The lowest BCUT2D eigenvalue weighted by atomic mass is 10.1. The predicted molar refractivity (Wildman–Crippen MR) is 104 cm³/mol. The first-order valence-electron chi connectivity index (χ1n) is 9.32. The van der Waals surface area contributed by atoms with Crippen molar-refractivity contribution in [3.63, 3.8) is 0 Å². The minimum Gasteiger partial charge on any atom is -0.352 e. The summed E-state index contributed by atoms with van der Waals surface area (Å²) in [7, 11) is 0. The first-order valence-corrected chi connectivity index (χ1v) is 9.32. The Balaban J connectivity index is 1.87. The second kappa shape index (κ2) is 8.13. The summed E-state index contributed by atoms with van der Waals surface area (Å²) in [4.78, 5) is 17.1. The van der Waals surface area contributed by atoms with Crippen molar-refractivity contribution < 1.29 is 4.79 Å². The number of carbonyl (C=O) groups excluding carboxylic acids is 1. The molecule has 0 radical (unpaired) electrons. The summed E-state index contributed by atoms with van der Waals surface area (Å²) in [6, 6.07) is 10.1. The number of rotatable bonds is 7. The van der Waals surface area contributed by atoms with E-state index in [0.29, 0.717) is 12.1 Å². The number of hydrogen-bond acceptors (Lipinski definition) is 3. The Morgan fingerprint density at radius 3 is 2.62 bits per heavy atom. The average molecular weight is 350 g/mol. The highest BCUT2D eigenvalue weighted by molar-refractivity contribution is 5.95. The Labute approximate surface area is 154 Å². The van der Waals surface area contributed by atoms with E-state index in [-0.39, 0.29) is 5.91 Å². The van der Waals surface area contributed by atoms with Gasteiger partial charge in [-0.25, -0.2) is 9.50 Å². The Kier molecular flexibility index (Phi) is 5.66. The number of hydrogen-bond donors (Lipinski definition) is 1. The molecule has 26 heavy (non-hydrogen) atoms. The third-order valence-electron chi connectivity index (χ3n) is 4.68. The van der Waals surface area contributed by atoms with Crippen LogP contribution in [0.2, 0.25) is 0 Å². The number of carbonyl (C=O) groups is 1. The average Bonchev–Trinajstić information content (AvgIpc) is 2.99. The fourth-order valence-corrected chi connectivity index (χ4v) is 3.22. The van der Waals surface area contributed by atoms with Crippen LogP contribution in [0.1, 0.15) is 54.4 Å². The fourth-order valence-electron chi connectivity index (χ4n) is 3.22. The number of benzene rings is 1. The first-order chi connectivity index (χ1) is 12.6. The van der Waals surface area contributed by atoms with E-state index < -0.39 is 0 Å². The second-order valence-electron chi connectivity index (χ2n) is 6.64. The summed E-state index contributed by atoms with van der Waals surface area (Å²) in [5.74, 6) is -0.0807. The standard InChI is InChI=1S/C21H26N4O/c1-4-5-6-10-13-22-21(26)18-14-23-20-19(17-11-8-7-9-12-17)15(2)24-25(20)16(18)3/h7-9,11-12,14H,4-6,10,13H2,1-3H3,(H,22,26). The van der Waals surface area contributed by atoms with Crippen LogP contribution in [0.15, 0.2) is 36.5 Å². The van der Waals surface area contributed by atoms with Crippen molar-refractivity contribution in [1.82, 2.24) is 19.9 Å². The molecule has 3 rings (SSSR count). The molecule has 0 aliphatic carbocycles. The van der Waals surface area contributed by atoms with Gasteiger partial charge in [0.1, 0.15) is 0 Å². The molecular formula is C21H26N4O. The van der Waals surface area contributed by atoms with Gasteiger partial charge in [0, 0.05) is 18.3 Å². The third-order valence-corrected chi connectivity index (χ3v) is 4.68. The van der Waals surface area contributed by atoms with Gasteiger partial charge < -0.3 is 5.32 Å². The molecule has 0 aliphatic rings. The van der Waals surface area contributed by atoms with Crippen LogP contribution in [0.5, 0.6) is 0 Å². The SMILES string of the molecule is CCCCCCNC(=O)c1cnc2c(-c3ccccc3)c(C)nn2c1C. The lowest BCUT2D eigenvalue weighted by Crippen LogP contribution is -2.26. The van der Waals surface area contributed by atoms with E-state index in [2.05, 4.69) is 34.5 Å². The molecule has 0 bridgehead atoms. The number of nitrogens with zero attached hydrogens (tertiary/aromatic N) is 3. The zero-order chi connectivity index (χ0) is 18.5. The van der Waals surface area contributed by atoms with E-state index in [9.17, 15) is 4.79 Å². The van der Waals surface area contributed by atoms with Gasteiger partial charge in [-0.05, 0) is 25.8 Å². The number of aromatic nitrogens is 3. The van der Waals surface area contributed by atoms with E-state index in [1.165, 1.54) is 12.8 Å². The number of fused-ring (bicyclic) bond motifs is 1. The Morgan fingerprint density at radius 2 is 1.88 bits per heavy atom. The predicted octanol–water partition coefficient (Wildman–Crippen LogP) is 4.32. The van der Waals surface area contributed by atoms with Crippen molar-refractivity contribution in [2.45, 2.75) is 46.5 Å². The summed E-state index contributed by atoms with van der Waals surface area (Å²) >= 11 is 0. The molecule has 0 atom stereocenters. The van der Waals surface area contributed by atoms with Gasteiger partial charge >= 0.3 is 0 Å². The number of unbranched alkanes of at least 4 members (excludes halogenated alkanes) is 3. The molecule has 1 amide bonds. The van der Waals surface area contributed by atoms with Crippen LogP contribution in [0.3, 0.4) is 0 Å². The van der Waals surface area contributed by atoms with Crippen molar-refractivity contribution in [3.05, 3.63) is 53.5 Å². The van der Waals surface area contributed by atoms with E-state index in [1.807, 2.05) is 32.0 Å². The highest BCUT2D eigenvalue weighted by atomic mass is 16.1. The quantitative estimate of drug-likeness (QED) is 0.646. The van der Waals surface area contributed by atoms with Crippen LogP contribution in [0.25, 0.3) is 16.8 Å². The molecule has 0 saturated heterocycles. The summed E-state index contributed by atoms with van der Waals surface area (Å²) in [6.07, 6.45) is 6.21. The van der Waals surface area contributed by atoms with E-state index in [1.54, 1.807) is 10.7 Å². The molecule has 0 saturated carbocycles. The van der Waals surface area contributed by atoms with Gasteiger partial charge in [0.25, 0.3) is 5.91 Å². The Hall–Kier alpha value is -2.69. The van der Waals surface area contributed by atoms with Gasteiger partial charge in [0.05, 0.1) is 17.0 Å². The summed E-state index contributed by atoms with van der Waals surface area (Å²) < 4.78 is 1.78. The van der Waals surface area contributed by atoms with Crippen LogP contribution in [0, 0.1) is 13.8 Å². The lowest BCUT2D eigenvalue weighted by molar-refractivity contribution is 0.0951. The number of nitrogens with one attached hydrogen (secondary N) is 1. The summed E-state index contributed by atoms with van der Waals surface area (Å²) in [6.45, 7) is 6.77. The molecule has 3 aromatic rings. The van der Waals surface area contributed by atoms with Crippen molar-refractivity contribution in [1.29, 1.82) is 0 Å². The molecule has 2 heterocycles. The van der Waals surface area contributed by atoms with Crippen LogP contribution < -0.4 is 5.32 Å². The smallest absolute Gasteiger partial charge is 0.254 e. The van der Waals surface area contributed by atoms with E-state index in [4.69, 9.17) is 0 Å². The largest absolute Gasteiger partial charge is 0.352 e. The monoisotopic (exact) mass is 350 g/mol. The zero-order valence-electron chi connectivity index (χ0n) is 15.7. The maximum absolute atomic E-state index is 12.5. The van der Waals surface area contributed by atoms with Crippen LogP contribution in [-0.2, 0) is 0 Å². The maximum atomic E-state index is 12.5. The van der Waals surface area contributed by atoms with E-state index in [0.717, 1.165) is 41.0 Å². The summed E-state index contributed by atoms with van der Waals surface area (Å²) in [5.41, 5.74) is 5.18. The first kappa shape index (κ1) is 18.1. The van der Waals surface area contributed by atoms with E-state index >= 15 is 0 Å². The molecule has 0 fully saturated rings. The summed E-state index contributed by atoms with van der Waals surface area (Å²) in [5, 5.41) is 7.62. The van der Waals surface area contributed by atoms with Gasteiger partial charge in [-0.1, -0.05) is 56.5 Å².